The molecule has 4 aliphatic rings. The van der Waals surface area contributed by atoms with Gasteiger partial charge >= 0.3 is 6.18 Å². The van der Waals surface area contributed by atoms with Gasteiger partial charge in [-0.2, -0.15) is 13.2 Å². The van der Waals surface area contributed by atoms with Crippen LogP contribution in [0.2, 0.25) is 5.02 Å². The van der Waals surface area contributed by atoms with Crippen LogP contribution in [-0.2, 0) is 33.5 Å². The van der Waals surface area contributed by atoms with Gasteiger partial charge in [0.25, 0.3) is 5.92 Å². The maximum Gasteiger partial charge on any atom is 0.403 e. The second-order valence-electron chi connectivity index (χ2n) is 21.1. The van der Waals surface area contributed by atoms with E-state index in [-0.39, 0.29) is 37.4 Å². The van der Waals surface area contributed by atoms with E-state index in [0.29, 0.717) is 37.9 Å². The molecule has 2 unspecified atom stereocenters. The summed E-state index contributed by atoms with van der Waals surface area (Å²) < 4.78 is 70.0. The second-order valence-corrected chi connectivity index (χ2v) is 21.5. The quantitative estimate of drug-likeness (QED) is 0.0702. The Morgan fingerprint density at radius 1 is 0.882 bits per heavy atom. The number of ether oxygens (including phenoxy) is 1. The van der Waals surface area contributed by atoms with E-state index in [1.807, 2.05) is 43.4 Å². The van der Waals surface area contributed by atoms with Gasteiger partial charge < -0.3 is 54.3 Å². The zero-order valence-electron chi connectivity index (χ0n) is 46.5. The molecule has 2 N–H and O–H groups in total. The SMILES string of the molecule is CC(C)C.CN(C)CC=O.CN[C@H](C(=O)N(C)C(CCCCCCCN(C)C)C(=O)NCC=O)C1CC1.Cc1cc(Cl)ccc1-c1ccc(N2CCOCC2)cn1.O=CC1CCCN1C(=O)C1(C(F)(F)F)CC(F)(F)C1. The first kappa shape index (κ1) is 67.5. The fraction of sp³-hybridized carbons (Fsp3) is 0.691. The van der Waals surface area contributed by atoms with Crippen molar-refractivity contribution in [3.05, 3.63) is 47.1 Å². The van der Waals surface area contributed by atoms with E-state index < -0.39 is 48.3 Å². The fourth-order valence-corrected chi connectivity index (χ4v) is 9.03. The van der Waals surface area contributed by atoms with Crippen LogP contribution in [0.4, 0.5) is 27.6 Å². The maximum absolute atomic E-state index is 13.0. The van der Waals surface area contributed by atoms with Crippen molar-refractivity contribution in [2.75, 3.05) is 99.7 Å². The Morgan fingerprint density at radius 3 is 1.97 bits per heavy atom. The molecule has 2 aliphatic heterocycles. The zero-order valence-corrected chi connectivity index (χ0v) is 47.3. The first-order valence-corrected chi connectivity index (χ1v) is 26.8. The van der Waals surface area contributed by atoms with Gasteiger partial charge in [-0.3, -0.25) is 19.4 Å². The number of benzene rings is 1. The lowest BCUT2D eigenvalue weighted by Crippen LogP contribution is -2.63. The van der Waals surface area contributed by atoms with Crippen molar-refractivity contribution < 1.29 is 55.5 Å². The predicted octanol–water partition coefficient (Wildman–Crippen LogP) is 8.14. The third-order valence-electron chi connectivity index (χ3n) is 13.0. The number of rotatable bonds is 21. The van der Waals surface area contributed by atoms with E-state index in [2.05, 4.69) is 79.3 Å². The molecule has 3 heterocycles. The molecule has 430 valence electrons. The number of anilines is 1. The Morgan fingerprint density at radius 2 is 1.50 bits per heavy atom. The van der Waals surface area contributed by atoms with Gasteiger partial charge in [0.05, 0.1) is 56.0 Å². The van der Waals surface area contributed by atoms with Crippen molar-refractivity contribution in [3.8, 4) is 11.3 Å². The van der Waals surface area contributed by atoms with E-state index in [9.17, 15) is 50.7 Å². The van der Waals surface area contributed by atoms with Gasteiger partial charge in [-0.25, -0.2) is 8.78 Å². The van der Waals surface area contributed by atoms with Crippen molar-refractivity contribution in [3.63, 3.8) is 0 Å². The van der Waals surface area contributed by atoms with Gasteiger partial charge in [0, 0.05) is 50.1 Å². The number of amides is 3. The van der Waals surface area contributed by atoms with E-state index in [1.165, 1.54) is 12.8 Å². The molecular weight excluding hydrogens is 1020 g/mol. The van der Waals surface area contributed by atoms with Crippen LogP contribution >= 0.6 is 11.6 Å². The highest BCUT2D eigenvalue weighted by molar-refractivity contribution is 6.30. The summed E-state index contributed by atoms with van der Waals surface area (Å²) in [4.78, 5) is 81.4. The number of alkyl halides is 5. The number of hydrogen-bond donors (Lipinski definition) is 2. The third kappa shape index (κ3) is 22.8. The van der Waals surface area contributed by atoms with Crippen LogP contribution in [0.5, 0.6) is 0 Å². The van der Waals surface area contributed by atoms with Crippen molar-refractivity contribution in [1.82, 2.24) is 35.2 Å². The molecule has 0 spiro atoms. The maximum atomic E-state index is 13.0. The average molecular weight is 1100 g/mol. The van der Waals surface area contributed by atoms with Gasteiger partial charge in [-0.1, -0.05) is 64.1 Å². The molecule has 21 heteroatoms. The highest BCUT2D eigenvalue weighted by Crippen LogP contribution is 2.61. The van der Waals surface area contributed by atoms with E-state index in [4.69, 9.17) is 16.3 Å². The third-order valence-corrected chi connectivity index (χ3v) is 13.3. The summed E-state index contributed by atoms with van der Waals surface area (Å²) in [5, 5.41) is 6.48. The smallest absolute Gasteiger partial charge is 0.378 e. The number of likely N-dealkylation sites (N-methyl/N-ethyl adjacent to an activating group) is 3. The monoisotopic (exact) mass is 1100 g/mol. The lowest BCUT2D eigenvalue weighted by molar-refractivity contribution is -0.299. The van der Waals surface area contributed by atoms with Gasteiger partial charge in [-0.15, -0.1) is 0 Å². The minimum absolute atomic E-state index is 0.00560. The van der Waals surface area contributed by atoms with Crippen LogP contribution in [0.1, 0.15) is 103 Å². The van der Waals surface area contributed by atoms with Crippen LogP contribution in [-0.4, -0.2) is 186 Å². The molecule has 1 aromatic carbocycles. The Labute approximate surface area is 453 Å². The molecule has 76 heavy (non-hydrogen) atoms. The number of hydrogen-bond acceptors (Lipinski definition) is 12. The van der Waals surface area contributed by atoms with Crippen LogP contribution in [0.25, 0.3) is 11.3 Å². The predicted molar refractivity (Wildman–Crippen MR) is 289 cm³/mol. The van der Waals surface area contributed by atoms with Gasteiger partial charge in [0.2, 0.25) is 17.7 Å². The molecule has 2 saturated carbocycles. The number of pyridine rings is 1. The van der Waals surface area contributed by atoms with E-state index in [1.54, 1.807) is 19.0 Å². The van der Waals surface area contributed by atoms with Gasteiger partial charge in [0.15, 0.2) is 5.41 Å². The highest BCUT2D eigenvalue weighted by Gasteiger charge is 2.74. The van der Waals surface area contributed by atoms with Crippen molar-refractivity contribution >= 4 is 53.9 Å². The topological polar surface area (TPSA) is 165 Å². The molecule has 0 bridgehead atoms. The highest BCUT2D eigenvalue weighted by atomic mass is 35.5. The first-order valence-electron chi connectivity index (χ1n) is 26.4. The molecule has 2 aromatic rings. The lowest BCUT2D eigenvalue weighted by Gasteiger charge is -2.48. The van der Waals surface area contributed by atoms with E-state index in [0.717, 1.165) is 110 Å². The molecule has 4 fully saturated rings. The standard InChI is InChI=1S/C20H38N4O3.C16H17ClN2O.C11H12F5NO2.C4H9NO.C4H10/c1-21-18(16-11-12-16)20(27)24(4)17(19(26)22-13-15-25)10-8-6-5-7-9-14-23(2)3;1-12-10-13(17)2-4-15(12)16-5-3-14(11-18-16)19-6-8-20-9-7-19;12-10(13)5-9(6-10,11(14,15)16)8(19)17-3-1-2-7(17)4-18;1-5(2)3-4-6;1-4(2)3/h15-18,21H,5-14H2,1-4H3,(H,22,26);2-5,10-11H,6-9H2,1H3;4,7H,1-3,5-6H2;4H,3H2,1-2H3;4H,1-3H3/t17?,18-;;;;/m0..../s1. The summed E-state index contributed by atoms with van der Waals surface area (Å²) in [5.74, 6) is -3.92. The Kier molecular flexibility index (Phi) is 29.8. The zero-order chi connectivity index (χ0) is 57.2. The molecule has 0 radical (unpaired) electrons. The summed E-state index contributed by atoms with van der Waals surface area (Å²) in [6, 6.07) is 8.42. The van der Waals surface area contributed by atoms with Crippen molar-refractivity contribution in [2.24, 2.45) is 17.3 Å². The summed E-state index contributed by atoms with van der Waals surface area (Å²) in [5.41, 5.74) is 1.38. The Hall–Kier alpha value is -4.63. The van der Waals surface area contributed by atoms with Crippen molar-refractivity contribution in [1.29, 1.82) is 0 Å². The number of carbonyl (C=O) groups is 6. The number of aromatic nitrogens is 1. The van der Waals surface area contributed by atoms with Crippen LogP contribution in [0, 0.1) is 24.2 Å². The summed E-state index contributed by atoms with van der Waals surface area (Å²) >= 11 is 5.99. The Bertz CT molecular complexity index is 2060. The first-order chi connectivity index (χ1) is 35.8. The molecule has 3 atom stereocenters. The molecule has 6 rings (SSSR count). The number of aryl methyl sites for hydroxylation is 1. The molecular formula is C55H86ClF5N8O7. The summed E-state index contributed by atoms with van der Waals surface area (Å²) in [7, 11) is 11.4. The number of aldehydes is 3. The fourth-order valence-electron chi connectivity index (χ4n) is 8.80. The average Bonchev–Trinajstić information content (AvgIpc) is 4.07. The Balaban J connectivity index is 0.000000361. The van der Waals surface area contributed by atoms with Crippen LogP contribution < -0.4 is 15.5 Å². The largest absolute Gasteiger partial charge is 0.403 e. The van der Waals surface area contributed by atoms with Crippen molar-refractivity contribution in [2.45, 2.75) is 135 Å². The number of unbranched alkanes of at least 4 members (excludes halogenated alkanes) is 4. The number of halogens is 6. The van der Waals surface area contributed by atoms with Gasteiger partial charge in [-0.05, 0) is 129 Å². The molecule has 3 amide bonds. The summed E-state index contributed by atoms with van der Waals surface area (Å²) in [6.07, 6.45) is 4.66. The minimum Gasteiger partial charge on any atom is -0.378 e. The number of carbonyl (C=O) groups excluding carboxylic acids is 6. The molecule has 1 aromatic heterocycles. The molecule has 2 aliphatic carbocycles. The lowest BCUT2D eigenvalue weighted by atomic mass is 9.64. The van der Waals surface area contributed by atoms with E-state index >= 15 is 0 Å². The van der Waals surface area contributed by atoms with Crippen LogP contribution in [0.3, 0.4) is 0 Å². The van der Waals surface area contributed by atoms with Crippen LogP contribution in [0.15, 0.2) is 36.5 Å². The second kappa shape index (κ2) is 33.6. The van der Waals surface area contributed by atoms with Gasteiger partial charge in [0.1, 0.15) is 24.9 Å². The number of likely N-dealkylation sites (tertiary alicyclic amines) is 1. The number of morpholine rings is 1. The minimum atomic E-state index is -5.03. The molecule has 2 saturated heterocycles. The molecule has 15 nitrogen and oxygen atoms in total. The normalized spacial score (nSPS) is 18.2. The summed E-state index contributed by atoms with van der Waals surface area (Å²) in [6.45, 7) is 13.6. The number of nitrogens with zero attached hydrogens (tertiary/aromatic N) is 6. The number of nitrogens with one attached hydrogen (secondary N) is 2.